The van der Waals surface area contributed by atoms with Crippen molar-refractivity contribution in [2.75, 3.05) is 0 Å². The van der Waals surface area contributed by atoms with Crippen molar-refractivity contribution in [3.05, 3.63) is 34.7 Å². The molecule has 1 aromatic heterocycles. The number of hydrogen-bond donors (Lipinski definition) is 1. The van der Waals surface area contributed by atoms with E-state index in [-0.39, 0.29) is 6.04 Å². The summed E-state index contributed by atoms with van der Waals surface area (Å²) >= 11 is 1.79. The van der Waals surface area contributed by atoms with Crippen LogP contribution in [0.2, 0.25) is 0 Å². The van der Waals surface area contributed by atoms with Gasteiger partial charge in [-0.15, -0.1) is 11.3 Å². The molecule has 0 saturated carbocycles. The predicted octanol–water partition coefficient (Wildman–Crippen LogP) is 3.23. The maximum absolute atomic E-state index is 5.82. The molecule has 1 aromatic carbocycles. The Morgan fingerprint density at radius 2 is 2.15 bits per heavy atom. The molecule has 1 atom stereocenters. The lowest BCUT2D eigenvalue weighted by atomic mass is 10.1. The monoisotopic (exact) mass is 191 g/mol. The molecular formula is C11H13NS. The Morgan fingerprint density at radius 1 is 1.38 bits per heavy atom. The zero-order chi connectivity index (χ0) is 9.42. The molecule has 13 heavy (non-hydrogen) atoms. The number of benzene rings is 1. The third kappa shape index (κ3) is 1.47. The van der Waals surface area contributed by atoms with Crippen LogP contribution in [0.3, 0.4) is 0 Å². The summed E-state index contributed by atoms with van der Waals surface area (Å²) in [7, 11) is 0. The van der Waals surface area contributed by atoms with Crippen LogP contribution in [0.25, 0.3) is 10.1 Å². The molecule has 0 aliphatic heterocycles. The second-order valence-corrected chi connectivity index (χ2v) is 4.37. The summed E-state index contributed by atoms with van der Waals surface area (Å²) in [6.45, 7) is 4.16. The van der Waals surface area contributed by atoms with Gasteiger partial charge in [-0.05, 0) is 41.8 Å². The Balaban J connectivity index is 2.63. The molecule has 0 amide bonds. The van der Waals surface area contributed by atoms with Crippen LogP contribution in [-0.2, 0) is 0 Å². The van der Waals surface area contributed by atoms with Crippen molar-refractivity contribution in [2.45, 2.75) is 19.9 Å². The molecule has 68 valence electrons. The van der Waals surface area contributed by atoms with Gasteiger partial charge in [0, 0.05) is 10.7 Å². The standard InChI is InChI=1S/C11H13NS/c1-7-6-13-11-5-9(8(2)12)3-4-10(7)11/h3-6,8H,12H2,1-2H3. The van der Waals surface area contributed by atoms with Crippen molar-refractivity contribution in [1.29, 1.82) is 0 Å². The quantitative estimate of drug-likeness (QED) is 0.735. The lowest BCUT2D eigenvalue weighted by Crippen LogP contribution is -2.03. The maximum atomic E-state index is 5.82. The molecule has 0 fully saturated rings. The van der Waals surface area contributed by atoms with Crippen molar-refractivity contribution in [3.63, 3.8) is 0 Å². The van der Waals surface area contributed by atoms with Crippen molar-refractivity contribution in [3.8, 4) is 0 Å². The Hall–Kier alpha value is -0.860. The molecule has 0 saturated heterocycles. The highest BCUT2D eigenvalue weighted by atomic mass is 32.1. The maximum Gasteiger partial charge on any atom is 0.0348 e. The van der Waals surface area contributed by atoms with Crippen molar-refractivity contribution < 1.29 is 0 Å². The van der Waals surface area contributed by atoms with Gasteiger partial charge in [0.15, 0.2) is 0 Å². The second kappa shape index (κ2) is 3.13. The molecule has 0 aliphatic rings. The average Bonchev–Trinajstić information content (AvgIpc) is 2.47. The molecule has 2 aromatic rings. The summed E-state index contributed by atoms with van der Waals surface area (Å²) in [5.41, 5.74) is 8.39. The van der Waals surface area contributed by atoms with Gasteiger partial charge in [-0.25, -0.2) is 0 Å². The molecule has 2 heteroatoms. The van der Waals surface area contributed by atoms with Crippen molar-refractivity contribution >= 4 is 21.4 Å². The summed E-state index contributed by atoms with van der Waals surface area (Å²) in [5.74, 6) is 0. The minimum Gasteiger partial charge on any atom is -0.324 e. The van der Waals surface area contributed by atoms with Crippen molar-refractivity contribution in [2.24, 2.45) is 5.73 Å². The zero-order valence-corrected chi connectivity index (χ0v) is 8.69. The molecule has 2 N–H and O–H groups in total. The molecule has 1 heterocycles. The van der Waals surface area contributed by atoms with E-state index in [1.807, 2.05) is 6.92 Å². The van der Waals surface area contributed by atoms with Gasteiger partial charge < -0.3 is 5.73 Å². The summed E-state index contributed by atoms with van der Waals surface area (Å²) in [5, 5.41) is 3.55. The Bertz CT molecular complexity index is 429. The third-order valence-electron chi connectivity index (χ3n) is 2.32. The van der Waals surface area contributed by atoms with Gasteiger partial charge >= 0.3 is 0 Å². The molecule has 1 unspecified atom stereocenters. The van der Waals surface area contributed by atoms with Gasteiger partial charge in [-0.1, -0.05) is 12.1 Å². The van der Waals surface area contributed by atoms with Crippen LogP contribution in [0.1, 0.15) is 24.1 Å². The van der Waals surface area contributed by atoms with Gasteiger partial charge in [0.1, 0.15) is 0 Å². The smallest absolute Gasteiger partial charge is 0.0348 e. The van der Waals surface area contributed by atoms with E-state index in [9.17, 15) is 0 Å². The van der Waals surface area contributed by atoms with Crippen molar-refractivity contribution in [1.82, 2.24) is 0 Å². The summed E-state index contributed by atoms with van der Waals surface area (Å²) < 4.78 is 1.34. The molecule has 1 nitrogen and oxygen atoms in total. The zero-order valence-electron chi connectivity index (χ0n) is 7.87. The van der Waals surface area contributed by atoms with E-state index < -0.39 is 0 Å². The first-order chi connectivity index (χ1) is 6.18. The summed E-state index contributed by atoms with van der Waals surface area (Å²) in [4.78, 5) is 0. The van der Waals surface area contributed by atoms with Gasteiger partial charge in [0.2, 0.25) is 0 Å². The highest BCUT2D eigenvalue weighted by molar-refractivity contribution is 7.17. The van der Waals surface area contributed by atoms with Gasteiger partial charge in [-0.3, -0.25) is 0 Å². The van der Waals surface area contributed by atoms with E-state index in [2.05, 4.69) is 30.5 Å². The molecule has 0 bridgehead atoms. The third-order valence-corrected chi connectivity index (χ3v) is 3.38. The Morgan fingerprint density at radius 3 is 2.85 bits per heavy atom. The molecule has 0 radical (unpaired) electrons. The number of nitrogens with two attached hydrogens (primary N) is 1. The first kappa shape index (κ1) is 8.73. The SMILES string of the molecule is Cc1csc2cc(C(C)N)ccc12. The first-order valence-corrected chi connectivity index (χ1v) is 5.30. The van der Waals surface area contributed by atoms with Gasteiger partial charge in [0.25, 0.3) is 0 Å². The first-order valence-electron chi connectivity index (χ1n) is 4.42. The molecular weight excluding hydrogens is 178 g/mol. The normalized spacial score (nSPS) is 13.5. The van der Waals surface area contributed by atoms with Crippen LogP contribution in [0.5, 0.6) is 0 Å². The fraction of sp³-hybridized carbons (Fsp3) is 0.273. The van der Waals surface area contributed by atoms with Crippen LogP contribution >= 0.6 is 11.3 Å². The lowest BCUT2D eigenvalue weighted by Gasteiger charge is -2.04. The van der Waals surface area contributed by atoms with Gasteiger partial charge in [0.05, 0.1) is 0 Å². The molecule has 0 spiro atoms. The van der Waals surface area contributed by atoms with Crippen LogP contribution < -0.4 is 5.73 Å². The second-order valence-electron chi connectivity index (χ2n) is 3.46. The molecule has 0 aliphatic carbocycles. The number of thiophene rings is 1. The van der Waals surface area contributed by atoms with Crippen LogP contribution in [0.15, 0.2) is 23.6 Å². The van der Waals surface area contributed by atoms with Crippen LogP contribution in [-0.4, -0.2) is 0 Å². The highest BCUT2D eigenvalue weighted by Gasteiger charge is 2.03. The largest absolute Gasteiger partial charge is 0.324 e. The lowest BCUT2D eigenvalue weighted by molar-refractivity contribution is 0.820. The summed E-state index contributed by atoms with van der Waals surface area (Å²) in [6, 6.07) is 6.61. The fourth-order valence-electron chi connectivity index (χ4n) is 1.46. The minimum atomic E-state index is 0.131. The van der Waals surface area contributed by atoms with Crippen LogP contribution in [0.4, 0.5) is 0 Å². The molecule has 2 rings (SSSR count). The fourth-order valence-corrected chi connectivity index (χ4v) is 2.45. The van der Waals surface area contributed by atoms with E-state index in [1.165, 1.54) is 21.2 Å². The predicted molar refractivity (Wildman–Crippen MR) is 59.2 cm³/mol. The van der Waals surface area contributed by atoms with Crippen LogP contribution in [0, 0.1) is 6.92 Å². The Kier molecular flexibility index (Phi) is 2.10. The minimum absolute atomic E-state index is 0.131. The van der Waals surface area contributed by atoms with E-state index in [4.69, 9.17) is 5.73 Å². The highest BCUT2D eigenvalue weighted by Crippen LogP contribution is 2.27. The number of aryl methyl sites for hydroxylation is 1. The summed E-state index contributed by atoms with van der Waals surface area (Å²) in [6.07, 6.45) is 0. The van der Waals surface area contributed by atoms with E-state index in [0.29, 0.717) is 0 Å². The average molecular weight is 191 g/mol. The van der Waals surface area contributed by atoms with E-state index in [0.717, 1.165) is 0 Å². The topological polar surface area (TPSA) is 26.0 Å². The number of hydrogen-bond acceptors (Lipinski definition) is 2. The number of fused-ring (bicyclic) bond motifs is 1. The number of rotatable bonds is 1. The van der Waals surface area contributed by atoms with Gasteiger partial charge in [-0.2, -0.15) is 0 Å². The van der Waals surface area contributed by atoms with E-state index >= 15 is 0 Å². The van der Waals surface area contributed by atoms with E-state index in [1.54, 1.807) is 11.3 Å². The Labute approximate surface area is 82.2 Å².